The molecule has 2 aromatic heterocycles. The second-order valence-corrected chi connectivity index (χ2v) is 7.86. The van der Waals surface area contributed by atoms with Gasteiger partial charge in [-0.3, -0.25) is 19.4 Å². The van der Waals surface area contributed by atoms with E-state index in [1.165, 1.54) is 18.3 Å². The average Bonchev–Trinajstić information content (AvgIpc) is 2.80. The number of nitrogen functional groups attached to an aromatic ring is 1. The van der Waals surface area contributed by atoms with Crippen LogP contribution in [0, 0.1) is 0 Å². The number of esters is 1. The Labute approximate surface area is 199 Å². The van der Waals surface area contributed by atoms with Crippen molar-refractivity contribution in [3.8, 4) is 0 Å². The van der Waals surface area contributed by atoms with Crippen molar-refractivity contribution in [2.45, 2.75) is 45.4 Å². The van der Waals surface area contributed by atoms with Gasteiger partial charge in [0, 0.05) is 17.7 Å². The summed E-state index contributed by atoms with van der Waals surface area (Å²) in [5, 5.41) is 14.9. The lowest BCUT2D eigenvalue weighted by molar-refractivity contribution is -0.148. The lowest BCUT2D eigenvalue weighted by Crippen LogP contribution is -2.41. The molecule has 0 fully saturated rings. The van der Waals surface area contributed by atoms with Gasteiger partial charge >= 0.3 is 11.9 Å². The minimum absolute atomic E-state index is 0.0462. The number of nitrogens with two attached hydrogens (primary N) is 1. The highest BCUT2D eigenvalue weighted by Gasteiger charge is 2.22. The van der Waals surface area contributed by atoms with E-state index in [1.807, 2.05) is 0 Å². The number of fused-ring (bicyclic) bond motifs is 1. The predicted molar refractivity (Wildman–Crippen MR) is 125 cm³/mol. The maximum absolute atomic E-state index is 12.5. The van der Waals surface area contributed by atoms with Gasteiger partial charge in [-0.25, -0.2) is 14.8 Å². The Morgan fingerprint density at radius 3 is 2.54 bits per heavy atom. The summed E-state index contributed by atoms with van der Waals surface area (Å²) in [6, 6.07) is 5.07. The van der Waals surface area contributed by atoms with E-state index >= 15 is 0 Å². The number of anilines is 2. The Balaban J connectivity index is 1.58. The van der Waals surface area contributed by atoms with Gasteiger partial charge in [0.05, 0.1) is 24.5 Å². The van der Waals surface area contributed by atoms with E-state index in [4.69, 9.17) is 10.5 Å². The molecule has 0 saturated carbocycles. The fraction of sp³-hybridized carbons (Fsp3) is 0.318. The zero-order chi connectivity index (χ0) is 25.5. The number of benzene rings is 1. The molecule has 3 aromatic rings. The summed E-state index contributed by atoms with van der Waals surface area (Å²) in [6.07, 6.45) is 0.932. The number of carbonyl (C=O) groups is 3. The van der Waals surface area contributed by atoms with Gasteiger partial charge in [-0.2, -0.15) is 4.98 Å². The van der Waals surface area contributed by atoms with Crippen molar-refractivity contribution < 1.29 is 24.2 Å². The fourth-order valence-corrected chi connectivity index (χ4v) is 3.07. The van der Waals surface area contributed by atoms with Crippen molar-refractivity contribution in [2.24, 2.45) is 0 Å². The van der Waals surface area contributed by atoms with Gasteiger partial charge in [0.1, 0.15) is 6.04 Å². The average molecular weight is 483 g/mol. The van der Waals surface area contributed by atoms with E-state index in [0.29, 0.717) is 11.4 Å². The minimum atomic E-state index is -1.25. The van der Waals surface area contributed by atoms with Crippen LogP contribution in [-0.2, 0) is 20.9 Å². The van der Waals surface area contributed by atoms with Crippen LogP contribution in [0.1, 0.15) is 42.7 Å². The van der Waals surface area contributed by atoms with Gasteiger partial charge in [-0.1, -0.05) is 0 Å². The van der Waals surface area contributed by atoms with Crippen LogP contribution in [0.5, 0.6) is 0 Å². The third-order valence-corrected chi connectivity index (χ3v) is 4.71. The topological polar surface area (TPSA) is 202 Å². The number of hydrogen-bond acceptors (Lipinski definition) is 10. The van der Waals surface area contributed by atoms with Crippen LogP contribution in [0.4, 0.5) is 11.6 Å². The Morgan fingerprint density at radius 2 is 1.89 bits per heavy atom. The maximum atomic E-state index is 12.5. The van der Waals surface area contributed by atoms with Gasteiger partial charge in [0.2, 0.25) is 5.95 Å². The minimum Gasteiger partial charge on any atom is -0.480 e. The molecular weight excluding hydrogens is 458 g/mol. The highest BCUT2D eigenvalue weighted by Crippen LogP contribution is 2.12. The third-order valence-electron chi connectivity index (χ3n) is 4.71. The Morgan fingerprint density at radius 1 is 1.17 bits per heavy atom. The molecule has 0 bridgehead atoms. The van der Waals surface area contributed by atoms with Crippen molar-refractivity contribution in [3.05, 3.63) is 52.1 Å². The Hall–Kier alpha value is -4.55. The quantitative estimate of drug-likeness (QED) is 0.255. The third kappa shape index (κ3) is 6.96. The number of rotatable bonds is 10. The first-order valence-corrected chi connectivity index (χ1v) is 10.7. The van der Waals surface area contributed by atoms with Crippen LogP contribution in [0.15, 0.2) is 35.3 Å². The van der Waals surface area contributed by atoms with Crippen molar-refractivity contribution >= 4 is 40.6 Å². The fourth-order valence-electron chi connectivity index (χ4n) is 3.07. The molecule has 35 heavy (non-hydrogen) atoms. The first-order chi connectivity index (χ1) is 16.6. The molecular formula is C22H25N7O6. The molecule has 13 heteroatoms. The largest absolute Gasteiger partial charge is 0.480 e. The van der Waals surface area contributed by atoms with E-state index in [1.54, 1.807) is 26.0 Å². The second-order valence-electron chi connectivity index (χ2n) is 7.86. The molecule has 3 rings (SSSR count). The maximum Gasteiger partial charge on any atom is 0.326 e. The van der Waals surface area contributed by atoms with Crippen LogP contribution in [0.2, 0.25) is 0 Å². The summed E-state index contributed by atoms with van der Waals surface area (Å²) in [5.41, 5.74) is 6.58. The monoisotopic (exact) mass is 483 g/mol. The van der Waals surface area contributed by atoms with E-state index in [-0.39, 0.29) is 48.2 Å². The summed E-state index contributed by atoms with van der Waals surface area (Å²) in [5.74, 6) is -2.41. The summed E-state index contributed by atoms with van der Waals surface area (Å²) in [6.45, 7) is 3.63. The molecule has 0 spiro atoms. The molecule has 184 valence electrons. The van der Waals surface area contributed by atoms with Crippen molar-refractivity contribution in [2.75, 3.05) is 11.1 Å². The number of nitrogens with zero attached hydrogens (tertiary/aromatic N) is 3. The number of aromatic nitrogens is 4. The van der Waals surface area contributed by atoms with Crippen LogP contribution < -0.4 is 21.9 Å². The summed E-state index contributed by atoms with van der Waals surface area (Å²) < 4.78 is 4.98. The molecule has 6 N–H and O–H groups in total. The lowest BCUT2D eigenvalue weighted by atomic mass is 10.1. The highest BCUT2D eigenvalue weighted by molar-refractivity contribution is 5.97. The predicted octanol–water partition coefficient (Wildman–Crippen LogP) is 0.822. The summed E-state index contributed by atoms with van der Waals surface area (Å²) in [7, 11) is 0. The smallest absolute Gasteiger partial charge is 0.326 e. The number of amides is 1. The van der Waals surface area contributed by atoms with Crippen LogP contribution in [0.3, 0.4) is 0 Å². The number of nitrogens with one attached hydrogen (secondary N) is 3. The lowest BCUT2D eigenvalue weighted by Gasteiger charge is -2.15. The van der Waals surface area contributed by atoms with Crippen molar-refractivity contribution in [1.82, 2.24) is 25.3 Å². The number of aromatic amines is 1. The number of carbonyl (C=O) groups excluding carboxylic acids is 2. The van der Waals surface area contributed by atoms with E-state index < -0.39 is 29.4 Å². The Kier molecular flexibility index (Phi) is 7.92. The molecule has 1 amide bonds. The van der Waals surface area contributed by atoms with Crippen LogP contribution in [0.25, 0.3) is 11.2 Å². The summed E-state index contributed by atoms with van der Waals surface area (Å²) >= 11 is 0. The van der Waals surface area contributed by atoms with Gasteiger partial charge in [-0.05, 0) is 44.5 Å². The van der Waals surface area contributed by atoms with Gasteiger partial charge in [0.25, 0.3) is 11.5 Å². The van der Waals surface area contributed by atoms with Crippen molar-refractivity contribution in [3.63, 3.8) is 0 Å². The molecule has 0 unspecified atom stereocenters. The highest BCUT2D eigenvalue weighted by atomic mass is 16.5. The molecule has 0 radical (unpaired) electrons. The first-order valence-electron chi connectivity index (χ1n) is 10.7. The molecule has 0 aliphatic heterocycles. The number of ether oxygens (including phenoxy) is 1. The molecule has 2 heterocycles. The molecule has 0 aliphatic rings. The van der Waals surface area contributed by atoms with E-state index in [2.05, 4.69) is 30.6 Å². The van der Waals surface area contributed by atoms with Gasteiger partial charge in [-0.15, -0.1) is 0 Å². The molecule has 1 aromatic carbocycles. The van der Waals surface area contributed by atoms with Crippen LogP contribution >= 0.6 is 0 Å². The number of hydrogen-bond donors (Lipinski definition) is 5. The number of carboxylic acid groups (broad SMARTS) is 1. The van der Waals surface area contributed by atoms with Crippen LogP contribution in [-0.4, -0.2) is 55.0 Å². The number of H-pyrrole nitrogens is 1. The van der Waals surface area contributed by atoms with Gasteiger partial charge in [0.15, 0.2) is 11.2 Å². The SMILES string of the molecule is CC(C)OC(=O)CC[C@H](NC(=O)c1ccc(NCc2cnc3nc(N)[nH]c(=O)c3n2)cc1)C(=O)O. The van der Waals surface area contributed by atoms with Crippen molar-refractivity contribution in [1.29, 1.82) is 0 Å². The second kappa shape index (κ2) is 11.0. The van der Waals surface area contributed by atoms with E-state index in [0.717, 1.165) is 0 Å². The Bertz CT molecular complexity index is 1290. The zero-order valence-corrected chi connectivity index (χ0v) is 19.1. The molecule has 0 saturated heterocycles. The molecule has 1 atom stereocenters. The molecule has 13 nitrogen and oxygen atoms in total. The summed E-state index contributed by atoms with van der Waals surface area (Å²) in [4.78, 5) is 62.2. The van der Waals surface area contributed by atoms with Gasteiger partial charge < -0.3 is 26.2 Å². The normalized spacial score (nSPS) is 11.7. The molecule has 0 aliphatic carbocycles. The number of carboxylic acids is 1. The zero-order valence-electron chi connectivity index (χ0n) is 19.1. The number of aliphatic carboxylic acids is 1. The van der Waals surface area contributed by atoms with E-state index in [9.17, 15) is 24.3 Å². The standard InChI is InChI=1S/C22H25N7O6/c1-11(2)35-16(30)8-7-15(21(33)34)27-19(31)12-3-5-13(6-4-12)24-9-14-10-25-18-17(26-14)20(32)29-22(23)28-18/h3-6,10-11,15,24H,7-9H2,1-2H3,(H,27,31)(H,33,34)(H3,23,25,28,29,32)/t15-/m0/s1. The first kappa shape index (κ1) is 25.1.